The second-order valence-electron chi connectivity index (χ2n) is 5.07. The van der Waals surface area contributed by atoms with Gasteiger partial charge in [-0.05, 0) is 43.5 Å². The molecule has 0 aliphatic carbocycles. The minimum atomic E-state index is -0.190. The molecule has 1 unspecified atom stereocenters. The van der Waals surface area contributed by atoms with E-state index in [-0.39, 0.29) is 17.6 Å². The number of rotatable bonds is 6. The van der Waals surface area contributed by atoms with Crippen LogP contribution in [0.4, 0.5) is 4.39 Å². The molecular formula is C15H23FN2O. The predicted molar refractivity (Wildman–Crippen MR) is 75.3 cm³/mol. The third-order valence-corrected chi connectivity index (χ3v) is 3.36. The Morgan fingerprint density at radius 1 is 1.47 bits per heavy atom. The van der Waals surface area contributed by atoms with Crippen LogP contribution < -0.4 is 5.73 Å². The Morgan fingerprint density at radius 2 is 2.16 bits per heavy atom. The van der Waals surface area contributed by atoms with Gasteiger partial charge in [0.2, 0.25) is 5.91 Å². The van der Waals surface area contributed by atoms with E-state index in [2.05, 4.69) is 0 Å². The van der Waals surface area contributed by atoms with Gasteiger partial charge in [-0.2, -0.15) is 0 Å². The molecule has 1 rings (SSSR count). The van der Waals surface area contributed by atoms with E-state index in [1.54, 1.807) is 24.9 Å². The Labute approximate surface area is 114 Å². The number of hydrogen-bond donors (Lipinski definition) is 1. The number of nitrogens with zero attached hydrogens (tertiary/aromatic N) is 1. The molecule has 0 spiro atoms. The molecule has 2 N–H and O–H groups in total. The van der Waals surface area contributed by atoms with Crippen LogP contribution in [0.15, 0.2) is 18.2 Å². The first-order valence-corrected chi connectivity index (χ1v) is 6.65. The normalized spacial score (nSPS) is 12.3. The predicted octanol–water partition coefficient (Wildman–Crippen LogP) is 2.12. The fourth-order valence-corrected chi connectivity index (χ4v) is 2.02. The van der Waals surface area contributed by atoms with Crippen molar-refractivity contribution in [1.29, 1.82) is 0 Å². The highest BCUT2D eigenvalue weighted by Crippen LogP contribution is 2.11. The van der Waals surface area contributed by atoms with Gasteiger partial charge >= 0.3 is 0 Å². The summed E-state index contributed by atoms with van der Waals surface area (Å²) in [6.45, 7) is 4.81. The van der Waals surface area contributed by atoms with Gasteiger partial charge < -0.3 is 10.6 Å². The van der Waals surface area contributed by atoms with E-state index in [1.807, 2.05) is 13.0 Å². The molecule has 3 nitrogen and oxygen atoms in total. The molecule has 0 radical (unpaired) electrons. The summed E-state index contributed by atoms with van der Waals surface area (Å²) in [6, 6.07) is 5.07. The van der Waals surface area contributed by atoms with Gasteiger partial charge in [-0.25, -0.2) is 4.39 Å². The minimum absolute atomic E-state index is 0.0371. The molecule has 0 heterocycles. The lowest BCUT2D eigenvalue weighted by Crippen LogP contribution is -2.34. The molecule has 0 aliphatic heterocycles. The van der Waals surface area contributed by atoms with Gasteiger partial charge in [0.15, 0.2) is 0 Å². The van der Waals surface area contributed by atoms with Gasteiger partial charge in [0.05, 0.1) is 0 Å². The molecule has 0 bridgehead atoms. The third-order valence-electron chi connectivity index (χ3n) is 3.36. The molecule has 19 heavy (non-hydrogen) atoms. The summed E-state index contributed by atoms with van der Waals surface area (Å²) in [5, 5.41) is 0. The summed E-state index contributed by atoms with van der Waals surface area (Å²) in [5.74, 6) is -0.112. The summed E-state index contributed by atoms with van der Waals surface area (Å²) in [5.41, 5.74) is 7.14. The summed E-state index contributed by atoms with van der Waals surface area (Å²) < 4.78 is 13.1. The van der Waals surface area contributed by atoms with E-state index >= 15 is 0 Å². The number of nitrogens with two attached hydrogens (primary N) is 1. The molecule has 106 valence electrons. The summed E-state index contributed by atoms with van der Waals surface area (Å²) >= 11 is 0. The van der Waals surface area contributed by atoms with Crippen molar-refractivity contribution in [2.45, 2.75) is 26.7 Å². The highest BCUT2D eigenvalue weighted by Gasteiger charge is 2.16. The maximum absolute atomic E-state index is 13.1. The van der Waals surface area contributed by atoms with E-state index in [0.29, 0.717) is 25.1 Å². The Kier molecular flexibility index (Phi) is 5.96. The molecule has 1 amide bonds. The Morgan fingerprint density at radius 3 is 2.74 bits per heavy atom. The van der Waals surface area contributed by atoms with Gasteiger partial charge in [0.1, 0.15) is 5.82 Å². The van der Waals surface area contributed by atoms with E-state index in [0.717, 1.165) is 12.0 Å². The Balaban J connectivity index is 2.51. The van der Waals surface area contributed by atoms with Crippen molar-refractivity contribution in [2.24, 2.45) is 11.7 Å². The maximum Gasteiger partial charge on any atom is 0.225 e. The molecule has 0 aliphatic rings. The van der Waals surface area contributed by atoms with Crippen molar-refractivity contribution in [3.05, 3.63) is 35.1 Å². The van der Waals surface area contributed by atoms with Crippen LogP contribution in [0.3, 0.4) is 0 Å². The highest BCUT2D eigenvalue weighted by atomic mass is 19.1. The summed E-state index contributed by atoms with van der Waals surface area (Å²) in [4.78, 5) is 13.7. The van der Waals surface area contributed by atoms with Crippen molar-refractivity contribution in [2.75, 3.05) is 20.1 Å². The first kappa shape index (κ1) is 15.6. The van der Waals surface area contributed by atoms with Gasteiger partial charge in [0, 0.05) is 19.5 Å². The van der Waals surface area contributed by atoms with E-state index in [1.165, 1.54) is 6.07 Å². The number of halogens is 1. The summed E-state index contributed by atoms with van der Waals surface area (Å²) in [7, 11) is 1.80. The fourth-order valence-electron chi connectivity index (χ4n) is 2.02. The number of hydrogen-bond acceptors (Lipinski definition) is 2. The Hall–Kier alpha value is -1.42. The van der Waals surface area contributed by atoms with Crippen LogP contribution >= 0.6 is 0 Å². The lowest BCUT2D eigenvalue weighted by atomic mass is 10.1. The zero-order valence-electron chi connectivity index (χ0n) is 11.9. The number of likely N-dealkylation sites (N-methyl/N-ethyl adjacent to an activating group) is 1. The number of carbonyl (C=O) groups is 1. The largest absolute Gasteiger partial charge is 0.345 e. The van der Waals surface area contributed by atoms with Crippen LogP contribution in [0.5, 0.6) is 0 Å². The monoisotopic (exact) mass is 266 g/mol. The van der Waals surface area contributed by atoms with Crippen LogP contribution in [-0.2, 0) is 11.2 Å². The number of aryl methyl sites for hydroxylation is 1. The molecule has 4 heteroatoms. The molecule has 0 saturated carbocycles. The van der Waals surface area contributed by atoms with Gasteiger partial charge in [-0.15, -0.1) is 0 Å². The van der Waals surface area contributed by atoms with Crippen LogP contribution in [0, 0.1) is 18.7 Å². The highest BCUT2D eigenvalue weighted by molar-refractivity contribution is 5.78. The quantitative estimate of drug-likeness (QED) is 0.857. The van der Waals surface area contributed by atoms with Crippen LogP contribution in [-0.4, -0.2) is 30.9 Å². The number of amides is 1. The number of benzene rings is 1. The second-order valence-corrected chi connectivity index (χ2v) is 5.07. The van der Waals surface area contributed by atoms with Gasteiger partial charge in [-0.3, -0.25) is 4.79 Å². The third kappa shape index (κ3) is 4.63. The molecule has 1 atom stereocenters. The first-order chi connectivity index (χ1) is 8.95. The van der Waals surface area contributed by atoms with Crippen molar-refractivity contribution in [3.8, 4) is 0 Å². The first-order valence-electron chi connectivity index (χ1n) is 6.65. The standard InChI is InChI=1S/C15H23FN2O/c1-11(6-8-17)15(19)18(3)9-7-13-4-5-14(16)12(2)10-13/h4-5,10-11H,6-9,17H2,1-3H3. The van der Waals surface area contributed by atoms with E-state index in [4.69, 9.17) is 5.73 Å². The SMILES string of the molecule is Cc1cc(CCN(C)C(=O)C(C)CCN)ccc1F. The zero-order valence-corrected chi connectivity index (χ0v) is 11.9. The van der Waals surface area contributed by atoms with E-state index in [9.17, 15) is 9.18 Å². The van der Waals surface area contributed by atoms with Crippen LogP contribution in [0.1, 0.15) is 24.5 Å². The molecular weight excluding hydrogens is 243 g/mol. The molecule has 1 aromatic carbocycles. The topological polar surface area (TPSA) is 46.3 Å². The van der Waals surface area contributed by atoms with Gasteiger partial charge in [-0.1, -0.05) is 19.1 Å². The molecule has 0 fully saturated rings. The number of carbonyl (C=O) groups excluding carboxylic acids is 1. The molecule has 0 saturated heterocycles. The Bertz CT molecular complexity index is 434. The zero-order chi connectivity index (χ0) is 14.4. The van der Waals surface area contributed by atoms with Gasteiger partial charge in [0.25, 0.3) is 0 Å². The lowest BCUT2D eigenvalue weighted by molar-refractivity contribution is -0.133. The fraction of sp³-hybridized carbons (Fsp3) is 0.533. The summed E-state index contributed by atoms with van der Waals surface area (Å²) in [6.07, 6.45) is 1.44. The van der Waals surface area contributed by atoms with Crippen molar-refractivity contribution >= 4 is 5.91 Å². The molecule has 1 aromatic rings. The molecule has 0 aromatic heterocycles. The second kappa shape index (κ2) is 7.24. The van der Waals surface area contributed by atoms with E-state index < -0.39 is 0 Å². The maximum atomic E-state index is 13.1. The average Bonchev–Trinajstić information content (AvgIpc) is 2.39. The van der Waals surface area contributed by atoms with Crippen molar-refractivity contribution < 1.29 is 9.18 Å². The van der Waals surface area contributed by atoms with Crippen LogP contribution in [0.2, 0.25) is 0 Å². The minimum Gasteiger partial charge on any atom is -0.345 e. The van der Waals surface area contributed by atoms with Crippen molar-refractivity contribution in [1.82, 2.24) is 4.90 Å². The smallest absolute Gasteiger partial charge is 0.225 e. The van der Waals surface area contributed by atoms with Crippen molar-refractivity contribution in [3.63, 3.8) is 0 Å². The van der Waals surface area contributed by atoms with Crippen LogP contribution in [0.25, 0.3) is 0 Å². The average molecular weight is 266 g/mol. The lowest BCUT2D eigenvalue weighted by Gasteiger charge is -2.21.